The lowest BCUT2D eigenvalue weighted by atomic mass is 9.95. The molecule has 2 nitrogen and oxygen atoms in total. The van der Waals surface area contributed by atoms with Gasteiger partial charge in [-0.05, 0) is 42.9 Å². The van der Waals surface area contributed by atoms with Crippen molar-refractivity contribution in [1.82, 2.24) is 0 Å². The molecule has 2 unspecified atom stereocenters. The summed E-state index contributed by atoms with van der Waals surface area (Å²) in [5, 5.41) is 0.420. The van der Waals surface area contributed by atoms with Crippen LogP contribution in [0.1, 0.15) is 18.4 Å². The zero-order chi connectivity index (χ0) is 12.3. The van der Waals surface area contributed by atoms with Crippen molar-refractivity contribution in [2.24, 2.45) is 11.7 Å². The van der Waals surface area contributed by atoms with Gasteiger partial charge in [0.05, 0.1) is 0 Å². The van der Waals surface area contributed by atoms with Gasteiger partial charge in [0.25, 0.3) is 0 Å². The minimum atomic E-state index is -0.268. The Bertz CT molecular complexity index is 380. The van der Waals surface area contributed by atoms with Gasteiger partial charge in [-0.25, -0.2) is 4.39 Å². The molecule has 4 heteroatoms. The summed E-state index contributed by atoms with van der Waals surface area (Å²) in [4.78, 5) is 0. The minimum absolute atomic E-state index is 0.0163. The molecule has 1 heterocycles. The van der Waals surface area contributed by atoms with Crippen LogP contribution in [0.3, 0.4) is 0 Å². The fourth-order valence-corrected chi connectivity index (χ4v) is 2.41. The fraction of sp³-hybridized carbons (Fsp3) is 0.538. The standard InChI is InChI=1S/C13H17ClFNO/c14-11-2-1-10(13(15)7-11)6-12(16)5-9-3-4-17-8-9/h1-2,7,9,12H,3-6,8,16H2. The topological polar surface area (TPSA) is 35.2 Å². The Kier molecular flexibility index (Phi) is 4.37. The van der Waals surface area contributed by atoms with Crippen LogP contribution < -0.4 is 5.73 Å². The molecule has 1 aliphatic heterocycles. The zero-order valence-corrected chi connectivity index (χ0v) is 10.4. The monoisotopic (exact) mass is 257 g/mol. The lowest BCUT2D eigenvalue weighted by Crippen LogP contribution is -2.26. The molecule has 0 bridgehead atoms. The van der Waals surface area contributed by atoms with Crippen molar-refractivity contribution in [2.75, 3.05) is 13.2 Å². The second kappa shape index (κ2) is 5.80. The molecule has 2 atom stereocenters. The van der Waals surface area contributed by atoms with Crippen molar-refractivity contribution in [3.05, 3.63) is 34.6 Å². The van der Waals surface area contributed by atoms with E-state index in [-0.39, 0.29) is 11.9 Å². The minimum Gasteiger partial charge on any atom is -0.381 e. The summed E-state index contributed by atoms with van der Waals surface area (Å²) in [6.45, 7) is 1.61. The van der Waals surface area contributed by atoms with Gasteiger partial charge in [0.2, 0.25) is 0 Å². The molecule has 0 amide bonds. The van der Waals surface area contributed by atoms with Gasteiger partial charge in [0, 0.05) is 24.3 Å². The highest BCUT2D eigenvalue weighted by atomic mass is 35.5. The molecule has 94 valence electrons. The Morgan fingerprint density at radius 1 is 1.53 bits per heavy atom. The molecule has 1 aromatic rings. The number of hydrogen-bond donors (Lipinski definition) is 1. The molecule has 0 saturated carbocycles. The van der Waals surface area contributed by atoms with Crippen LogP contribution in [0, 0.1) is 11.7 Å². The molecule has 1 aromatic carbocycles. The molecule has 17 heavy (non-hydrogen) atoms. The van der Waals surface area contributed by atoms with Crippen molar-refractivity contribution >= 4 is 11.6 Å². The molecule has 0 aliphatic carbocycles. The smallest absolute Gasteiger partial charge is 0.127 e. The van der Waals surface area contributed by atoms with E-state index in [1.165, 1.54) is 6.07 Å². The Balaban J connectivity index is 1.90. The maximum atomic E-state index is 13.6. The molecule has 1 fully saturated rings. The van der Waals surface area contributed by atoms with E-state index < -0.39 is 0 Å². The molecule has 1 saturated heterocycles. The van der Waals surface area contributed by atoms with Crippen LogP contribution in [0.4, 0.5) is 4.39 Å². The van der Waals surface area contributed by atoms with E-state index in [0.717, 1.165) is 26.1 Å². The van der Waals surface area contributed by atoms with Gasteiger partial charge in [-0.15, -0.1) is 0 Å². The van der Waals surface area contributed by atoms with Crippen LogP contribution >= 0.6 is 11.6 Å². The van der Waals surface area contributed by atoms with E-state index >= 15 is 0 Å². The predicted molar refractivity (Wildman–Crippen MR) is 66.6 cm³/mol. The second-order valence-corrected chi connectivity index (χ2v) is 5.10. The summed E-state index contributed by atoms with van der Waals surface area (Å²) < 4.78 is 18.9. The quantitative estimate of drug-likeness (QED) is 0.900. The Morgan fingerprint density at radius 3 is 3.00 bits per heavy atom. The summed E-state index contributed by atoms with van der Waals surface area (Å²) in [7, 11) is 0. The highest BCUT2D eigenvalue weighted by molar-refractivity contribution is 6.30. The van der Waals surface area contributed by atoms with Gasteiger partial charge in [-0.1, -0.05) is 17.7 Å². The molecule has 1 aliphatic rings. The molecule has 2 rings (SSSR count). The third kappa shape index (κ3) is 3.66. The normalized spacial score (nSPS) is 21.7. The van der Waals surface area contributed by atoms with E-state index in [1.807, 2.05) is 0 Å². The summed E-state index contributed by atoms with van der Waals surface area (Å²) in [5.41, 5.74) is 6.68. The lowest BCUT2D eigenvalue weighted by Gasteiger charge is -2.15. The Labute approximate surface area is 106 Å². The van der Waals surface area contributed by atoms with Crippen LogP contribution in [-0.4, -0.2) is 19.3 Å². The van der Waals surface area contributed by atoms with Gasteiger partial charge in [0.15, 0.2) is 0 Å². The average molecular weight is 258 g/mol. The predicted octanol–water partition coefficient (Wildman–Crippen LogP) is 2.78. The molecule has 0 spiro atoms. The molecule has 0 radical (unpaired) electrons. The maximum absolute atomic E-state index is 13.6. The van der Waals surface area contributed by atoms with Crippen molar-refractivity contribution in [3.8, 4) is 0 Å². The van der Waals surface area contributed by atoms with Crippen molar-refractivity contribution in [1.29, 1.82) is 0 Å². The van der Waals surface area contributed by atoms with Crippen LogP contribution in [-0.2, 0) is 11.2 Å². The van der Waals surface area contributed by atoms with Gasteiger partial charge >= 0.3 is 0 Å². The SMILES string of the molecule is NC(Cc1ccc(Cl)cc1F)CC1CCOC1. The third-order valence-electron chi connectivity index (χ3n) is 3.16. The van der Waals surface area contributed by atoms with Gasteiger partial charge in [-0.3, -0.25) is 0 Å². The maximum Gasteiger partial charge on any atom is 0.127 e. The van der Waals surface area contributed by atoms with Gasteiger partial charge < -0.3 is 10.5 Å². The first kappa shape index (κ1) is 12.8. The van der Waals surface area contributed by atoms with E-state index in [0.29, 0.717) is 22.9 Å². The van der Waals surface area contributed by atoms with E-state index in [9.17, 15) is 4.39 Å². The first-order valence-corrected chi connectivity index (χ1v) is 6.30. The van der Waals surface area contributed by atoms with Crippen molar-refractivity contribution in [3.63, 3.8) is 0 Å². The fourth-order valence-electron chi connectivity index (χ4n) is 2.25. The number of ether oxygens (including phenoxy) is 1. The lowest BCUT2D eigenvalue weighted by molar-refractivity contribution is 0.182. The average Bonchev–Trinajstić information content (AvgIpc) is 2.75. The highest BCUT2D eigenvalue weighted by Crippen LogP contribution is 2.21. The van der Waals surface area contributed by atoms with Crippen LogP contribution in [0.25, 0.3) is 0 Å². The van der Waals surface area contributed by atoms with Gasteiger partial charge in [-0.2, -0.15) is 0 Å². The van der Waals surface area contributed by atoms with E-state index in [4.69, 9.17) is 22.1 Å². The van der Waals surface area contributed by atoms with Gasteiger partial charge in [0.1, 0.15) is 5.82 Å². The third-order valence-corrected chi connectivity index (χ3v) is 3.39. The van der Waals surface area contributed by atoms with E-state index in [1.54, 1.807) is 12.1 Å². The summed E-state index contributed by atoms with van der Waals surface area (Å²) >= 11 is 5.70. The zero-order valence-electron chi connectivity index (χ0n) is 9.66. The highest BCUT2D eigenvalue weighted by Gasteiger charge is 2.19. The second-order valence-electron chi connectivity index (χ2n) is 4.67. The number of nitrogens with two attached hydrogens (primary N) is 1. The number of rotatable bonds is 4. The first-order valence-electron chi connectivity index (χ1n) is 5.92. The number of halogens is 2. The summed E-state index contributed by atoms with van der Waals surface area (Å²) in [6.07, 6.45) is 2.51. The van der Waals surface area contributed by atoms with E-state index in [2.05, 4.69) is 0 Å². The van der Waals surface area contributed by atoms with Crippen LogP contribution in [0.15, 0.2) is 18.2 Å². The molecular formula is C13H17ClFNO. The largest absolute Gasteiger partial charge is 0.381 e. The molecule has 0 aromatic heterocycles. The summed E-state index contributed by atoms with van der Waals surface area (Å²) in [6, 6.07) is 4.73. The van der Waals surface area contributed by atoms with Crippen LogP contribution in [0.2, 0.25) is 5.02 Å². The Hall–Kier alpha value is -0.640. The van der Waals surface area contributed by atoms with Crippen LogP contribution in [0.5, 0.6) is 0 Å². The summed E-state index contributed by atoms with van der Waals surface area (Å²) in [5.74, 6) is 0.260. The van der Waals surface area contributed by atoms with Crippen molar-refractivity contribution in [2.45, 2.75) is 25.3 Å². The first-order chi connectivity index (χ1) is 8.15. The number of benzene rings is 1. The molecule has 2 N–H and O–H groups in total. The Morgan fingerprint density at radius 2 is 2.35 bits per heavy atom. The number of hydrogen-bond acceptors (Lipinski definition) is 2. The molecular weight excluding hydrogens is 241 g/mol. The van der Waals surface area contributed by atoms with Crippen molar-refractivity contribution < 1.29 is 9.13 Å².